The predicted octanol–water partition coefficient (Wildman–Crippen LogP) is 5.12. The Labute approximate surface area is 161 Å². The third-order valence-corrected chi connectivity index (χ3v) is 4.50. The molecule has 0 spiro atoms. The predicted molar refractivity (Wildman–Crippen MR) is 111 cm³/mol. The van der Waals surface area contributed by atoms with Crippen molar-refractivity contribution >= 4 is 44.8 Å². The van der Waals surface area contributed by atoms with Crippen LogP contribution in [0.25, 0.3) is 0 Å². The van der Waals surface area contributed by atoms with Crippen LogP contribution in [0.4, 0.5) is 11.5 Å². The third kappa shape index (κ3) is 4.90. The van der Waals surface area contributed by atoms with Crippen LogP contribution in [0, 0.1) is 13.8 Å². The zero-order valence-electron chi connectivity index (χ0n) is 14.1. The number of thiocarbonyl (C=S) groups is 1. The molecule has 0 atom stereocenters. The van der Waals surface area contributed by atoms with Gasteiger partial charge in [-0.3, -0.25) is 4.68 Å². The highest BCUT2D eigenvalue weighted by Gasteiger charge is 2.05. The summed E-state index contributed by atoms with van der Waals surface area (Å²) >= 11 is 8.83. The van der Waals surface area contributed by atoms with Gasteiger partial charge in [-0.05, 0) is 55.4 Å². The summed E-state index contributed by atoms with van der Waals surface area (Å²) in [5.74, 6) is 0.722. The molecule has 2 N–H and O–H groups in total. The normalized spacial score (nSPS) is 10.5. The van der Waals surface area contributed by atoms with Crippen molar-refractivity contribution in [2.45, 2.75) is 20.4 Å². The minimum atomic E-state index is 0.529. The Balaban J connectivity index is 1.60. The largest absolute Gasteiger partial charge is 0.332 e. The van der Waals surface area contributed by atoms with Crippen molar-refractivity contribution in [3.63, 3.8) is 0 Å². The van der Waals surface area contributed by atoms with E-state index >= 15 is 0 Å². The van der Waals surface area contributed by atoms with E-state index in [0.717, 1.165) is 21.5 Å². The first-order valence-corrected chi connectivity index (χ1v) is 9.13. The standard InChI is InChI=1S/C19H19BrN4S/c1-13-3-8-17(14(2)11-13)21-19(25)22-18-9-10-24(23-18)12-15-4-6-16(20)7-5-15/h3-11H,12H2,1-2H3,(H2,21,22,23,25). The molecule has 0 saturated carbocycles. The van der Waals surface area contributed by atoms with Gasteiger partial charge in [-0.15, -0.1) is 0 Å². The molecule has 3 rings (SSSR count). The SMILES string of the molecule is Cc1ccc(NC(=S)Nc2ccn(Cc3ccc(Br)cc3)n2)c(C)c1. The Hall–Kier alpha value is -2.18. The van der Waals surface area contributed by atoms with Crippen LogP contribution < -0.4 is 10.6 Å². The van der Waals surface area contributed by atoms with Crippen LogP contribution >= 0.6 is 28.1 Å². The highest BCUT2D eigenvalue weighted by atomic mass is 79.9. The van der Waals surface area contributed by atoms with Crippen molar-refractivity contribution in [3.05, 3.63) is 75.9 Å². The van der Waals surface area contributed by atoms with Crippen molar-refractivity contribution in [1.29, 1.82) is 0 Å². The van der Waals surface area contributed by atoms with E-state index in [1.54, 1.807) is 0 Å². The summed E-state index contributed by atoms with van der Waals surface area (Å²) in [6.45, 7) is 4.85. The van der Waals surface area contributed by atoms with Gasteiger partial charge in [0.2, 0.25) is 0 Å². The zero-order chi connectivity index (χ0) is 17.8. The second kappa shape index (κ2) is 7.80. The molecule has 0 amide bonds. The van der Waals surface area contributed by atoms with Crippen molar-refractivity contribution in [2.75, 3.05) is 10.6 Å². The van der Waals surface area contributed by atoms with Gasteiger partial charge in [-0.1, -0.05) is 45.8 Å². The number of aryl methyl sites for hydroxylation is 2. The van der Waals surface area contributed by atoms with Gasteiger partial charge in [0.15, 0.2) is 10.9 Å². The lowest BCUT2D eigenvalue weighted by molar-refractivity contribution is 0.690. The summed E-state index contributed by atoms with van der Waals surface area (Å²) < 4.78 is 2.95. The van der Waals surface area contributed by atoms with E-state index in [1.165, 1.54) is 11.1 Å². The Morgan fingerprint density at radius 2 is 1.84 bits per heavy atom. The Morgan fingerprint density at radius 1 is 1.08 bits per heavy atom. The number of anilines is 2. The van der Waals surface area contributed by atoms with Gasteiger partial charge in [-0.2, -0.15) is 5.10 Å². The molecule has 2 aromatic carbocycles. The Bertz CT molecular complexity index is 887. The minimum absolute atomic E-state index is 0.529. The van der Waals surface area contributed by atoms with Crippen LogP contribution in [0.2, 0.25) is 0 Å². The van der Waals surface area contributed by atoms with Gasteiger partial charge < -0.3 is 10.6 Å². The summed E-state index contributed by atoms with van der Waals surface area (Å²) in [4.78, 5) is 0. The van der Waals surface area contributed by atoms with Crippen LogP contribution in [0.1, 0.15) is 16.7 Å². The van der Waals surface area contributed by atoms with Crippen LogP contribution in [0.3, 0.4) is 0 Å². The van der Waals surface area contributed by atoms with Crippen LogP contribution in [-0.2, 0) is 6.54 Å². The summed E-state index contributed by atoms with van der Waals surface area (Å²) in [7, 11) is 0. The van der Waals surface area contributed by atoms with E-state index in [9.17, 15) is 0 Å². The highest BCUT2D eigenvalue weighted by Crippen LogP contribution is 2.17. The minimum Gasteiger partial charge on any atom is -0.332 e. The number of hydrogen-bond acceptors (Lipinski definition) is 2. The van der Waals surface area contributed by atoms with Crippen molar-refractivity contribution in [2.24, 2.45) is 0 Å². The maximum absolute atomic E-state index is 5.39. The molecule has 1 heterocycles. The molecule has 0 radical (unpaired) electrons. The van der Waals surface area contributed by atoms with E-state index in [-0.39, 0.29) is 0 Å². The number of halogens is 1. The van der Waals surface area contributed by atoms with Crippen LogP contribution in [-0.4, -0.2) is 14.9 Å². The molecule has 128 valence electrons. The number of benzene rings is 2. The highest BCUT2D eigenvalue weighted by molar-refractivity contribution is 9.10. The van der Waals surface area contributed by atoms with Crippen LogP contribution in [0.15, 0.2) is 59.2 Å². The lowest BCUT2D eigenvalue weighted by Crippen LogP contribution is -2.20. The maximum atomic E-state index is 5.39. The molecule has 0 aliphatic carbocycles. The first-order chi connectivity index (χ1) is 12.0. The Morgan fingerprint density at radius 3 is 2.56 bits per heavy atom. The molecule has 1 aromatic heterocycles. The van der Waals surface area contributed by atoms with Gasteiger partial charge in [-0.25, -0.2) is 0 Å². The fraction of sp³-hybridized carbons (Fsp3) is 0.158. The first-order valence-electron chi connectivity index (χ1n) is 7.93. The Kier molecular flexibility index (Phi) is 5.50. The summed E-state index contributed by atoms with van der Waals surface area (Å²) in [5.41, 5.74) is 4.57. The second-order valence-electron chi connectivity index (χ2n) is 5.92. The lowest BCUT2D eigenvalue weighted by Gasteiger charge is -2.11. The summed E-state index contributed by atoms with van der Waals surface area (Å²) in [6, 6.07) is 16.3. The molecule has 0 aliphatic rings. The number of nitrogens with one attached hydrogen (secondary N) is 2. The van der Waals surface area contributed by atoms with E-state index in [0.29, 0.717) is 11.7 Å². The van der Waals surface area contributed by atoms with Crippen molar-refractivity contribution < 1.29 is 0 Å². The number of nitrogens with zero attached hydrogens (tertiary/aromatic N) is 2. The third-order valence-electron chi connectivity index (χ3n) is 3.77. The fourth-order valence-electron chi connectivity index (χ4n) is 2.52. The molecule has 25 heavy (non-hydrogen) atoms. The molecule has 0 fully saturated rings. The van der Waals surface area contributed by atoms with Gasteiger partial charge in [0, 0.05) is 22.4 Å². The van der Waals surface area contributed by atoms with E-state index in [2.05, 4.69) is 69.8 Å². The van der Waals surface area contributed by atoms with E-state index in [1.807, 2.05) is 35.1 Å². The summed E-state index contributed by atoms with van der Waals surface area (Å²) in [5, 5.41) is 11.4. The molecule has 0 bridgehead atoms. The first kappa shape index (κ1) is 17.6. The van der Waals surface area contributed by atoms with E-state index in [4.69, 9.17) is 12.2 Å². The van der Waals surface area contributed by atoms with Crippen LogP contribution in [0.5, 0.6) is 0 Å². The molecule has 6 heteroatoms. The lowest BCUT2D eigenvalue weighted by atomic mass is 10.1. The molecule has 0 unspecified atom stereocenters. The molecule has 4 nitrogen and oxygen atoms in total. The van der Waals surface area contributed by atoms with Crippen molar-refractivity contribution in [1.82, 2.24) is 9.78 Å². The number of aromatic nitrogens is 2. The number of rotatable bonds is 4. The van der Waals surface area contributed by atoms with Gasteiger partial charge in [0.1, 0.15) is 0 Å². The topological polar surface area (TPSA) is 41.9 Å². The fourth-order valence-corrected chi connectivity index (χ4v) is 3.00. The van der Waals surface area contributed by atoms with Gasteiger partial charge in [0.25, 0.3) is 0 Å². The average molecular weight is 415 g/mol. The molecule has 0 aliphatic heterocycles. The smallest absolute Gasteiger partial charge is 0.176 e. The maximum Gasteiger partial charge on any atom is 0.176 e. The molecule has 0 saturated heterocycles. The monoisotopic (exact) mass is 414 g/mol. The molecule has 3 aromatic rings. The zero-order valence-corrected chi connectivity index (χ0v) is 16.5. The van der Waals surface area contributed by atoms with Crippen molar-refractivity contribution in [3.8, 4) is 0 Å². The molecular weight excluding hydrogens is 396 g/mol. The van der Waals surface area contributed by atoms with Gasteiger partial charge >= 0.3 is 0 Å². The molecular formula is C19H19BrN4S. The number of hydrogen-bond donors (Lipinski definition) is 2. The quantitative estimate of drug-likeness (QED) is 0.581. The summed E-state index contributed by atoms with van der Waals surface area (Å²) in [6.07, 6.45) is 1.93. The van der Waals surface area contributed by atoms with Gasteiger partial charge in [0.05, 0.1) is 6.54 Å². The average Bonchev–Trinajstić information content (AvgIpc) is 2.99. The second-order valence-corrected chi connectivity index (χ2v) is 7.25. The van der Waals surface area contributed by atoms with E-state index < -0.39 is 0 Å².